The fraction of sp³-hybridized carbons (Fsp3) is 0.500. The van der Waals surface area contributed by atoms with Gasteiger partial charge >= 0.3 is 12.2 Å². The Morgan fingerprint density at radius 3 is 2.20 bits per heavy atom. The molecule has 1 aliphatic heterocycles. The number of nitrogens with zero attached hydrogens (tertiary/aromatic N) is 2. The number of amides is 4. The molecule has 12 heteroatoms. The van der Waals surface area contributed by atoms with Crippen molar-refractivity contribution in [1.82, 2.24) is 21.1 Å². The largest absolute Gasteiger partial charge is 0.453 e. The van der Waals surface area contributed by atoms with Gasteiger partial charge in [-0.05, 0) is 35.4 Å². The minimum atomic E-state index is -1.14. The molecule has 12 nitrogen and oxygen atoms in total. The van der Waals surface area contributed by atoms with Gasteiger partial charge in [-0.1, -0.05) is 83.1 Å². The third-order valence-corrected chi connectivity index (χ3v) is 7.10. The minimum Gasteiger partial charge on any atom is -0.453 e. The quantitative estimate of drug-likeness (QED) is 0.253. The maximum Gasteiger partial charge on any atom is 0.415 e. The molecule has 2 aromatic rings. The standard InChI is InChI=1S/C32H45N5O7/c1-21(2)18-36(35-29(40)27(32(3,4)5)34-30(41)43-6)19-25(38)24(17-22-13-9-7-10-14-22)33-28(39)26-20-37(31(42)44-26)23-15-11-8-12-16-23/h7-16,21,24-27,38H,17-20H2,1-6H3,(H,33,39)(H,34,41)(H,35,40)/t24-,25-,26-,27+/m0/s1. The second-order valence-corrected chi connectivity index (χ2v) is 12.4. The van der Waals surface area contributed by atoms with Crippen LogP contribution in [-0.2, 0) is 25.5 Å². The lowest BCUT2D eigenvalue weighted by atomic mass is 9.86. The molecule has 1 saturated heterocycles. The number of alkyl carbamates (subject to hydrolysis) is 1. The average Bonchev–Trinajstić information content (AvgIpc) is 3.36. The Hall–Kier alpha value is -4.16. The number of carbonyl (C=O) groups is 4. The SMILES string of the molecule is COC(=O)N[C@H](C(=O)NN(CC(C)C)C[C@H](O)[C@H](Cc1ccccc1)NC(=O)[C@@H]1CN(c2ccccc2)C(=O)O1)C(C)(C)C. The molecule has 0 bridgehead atoms. The molecule has 0 saturated carbocycles. The molecule has 240 valence electrons. The summed E-state index contributed by atoms with van der Waals surface area (Å²) in [4.78, 5) is 52.7. The first kappa shape index (κ1) is 34.3. The number of rotatable bonds is 13. The topological polar surface area (TPSA) is 150 Å². The number of benzene rings is 2. The molecule has 4 N–H and O–H groups in total. The number of nitrogens with one attached hydrogen (secondary N) is 3. The van der Waals surface area contributed by atoms with Crippen molar-refractivity contribution in [1.29, 1.82) is 0 Å². The van der Waals surface area contributed by atoms with E-state index in [1.807, 2.05) is 71.0 Å². The molecule has 0 spiro atoms. The second-order valence-electron chi connectivity index (χ2n) is 12.4. The number of anilines is 1. The molecule has 1 aliphatic rings. The van der Waals surface area contributed by atoms with Crippen LogP contribution in [-0.4, -0.2) is 85.2 Å². The van der Waals surface area contributed by atoms with Crippen LogP contribution in [0, 0.1) is 11.3 Å². The number of hydrazine groups is 1. The van der Waals surface area contributed by atoms with Crippen LogP contribution < -0.4 is 21.0 Å². The van der Waals surface area contributed by atoms with Gasteiger partial charge in [-0.3, -0.25) is 19.9 Å². The van der Waals surface area contributed by atoms with Gasteiger partial charge in [0.05, 0.1) is 25.8 Å². The molecule has 4 atom stereocenters. The van der Waals surface area contributed by atoms with E-state index in [4.69, 9.17) is 9.47 Å². The number of para-hydroxylation sites is 1. The smallest absolute Gasteiger partial charge is 0.415 e. The highest BCUT2D eigenvalue weighted by Gasteiger charge is 2.39. The van der Waals surface area contributed by atoms with E-state index in [1.165, 1.54) is 12.0 Å². The first-order chi connectivity index (χ1) is 20.8. The summed E-state index contributed by atoms with van der Waals surface area (Å²) in [5, 5.41) is 18.6. The normalized spacial score (nSPS) is 17.1. The van der Waals surface area contributed by atoms with E-state index in [0.717, 1.165) is 5.56 Å². The van der Waals surface area contributed by atoms with Crippen LogP contribution in [0.4, 0.5) is 15.3 Å². The van der Waals surface area contributed by atoms with Crippen LogP contribution in [0.5, 0.6) is 0 Å². The van der Waals surface area contributed by atoms with Crippen LogP contribution in [0.2, 0.25) is 0 Å². The molecule has 0 radical (unpaired) electrons. The molecule has 2 aromatic carbocycles. The summed E-state index contributed by atoms with van der Waals surface area (Å²) in [7, 11) is 1.22. The Morgan fingerprint density at radius 1 is 1.02 bits per heavy atom. The zero-order valence-corrected chi connectivity index (χ0v) is 26.3. The maximum atomic E-state index is 13.4. The number of ether oxygens (including phenoxy) is 2. The van der Waals surface area contributed by atoms with Crippen LogP contribution >= 0.6 is 0 Å². The number of hydrogen-bond donors (Lipinski definition) is 4. The van der Waals surface area contributed by atoms with Gasteiger partial charge in [0.1, 0.15) is 6.04 Å². The summed E-state index contributed by atoms with van der Waals surface area (Å²) in [6.07, 6.45) is -3.29. The van der Waals surface area contributed by atoms with Crippen molar-refractivity contribution in [2.45, 2.75) is 65.3 Å². The fourth-order valence-corrected chi connectivity index (χ4v) is 4.88. The molecule has 0 aromatic heterocycles. The van der Waals surface area contributed by atoms with E-state index in [9.17, 15) is 24.3 Å². The third kappa shape index (κ3) is 9.95. The fourth-order valence-electron chi connectivity index (χ4n) is 4.88. The van der Waals surface area contributed by atoms with Crippen molar-refractivity contribution in [3.63, 3.8) is 0 Å². The van der Waals surface area contributed by atoms with Gasteiger partial charge in [-0.15, -0.1) is 0 Å². The van der Waals surface area contributed by atoms with Gasteiger partial charge in [-0.25, -0.2) is 14.6 Å². The van der Waals surface area contributed by atoms with Gasteiger partial charge in [0.2, 0.25) is 0 Å². The highest BCUT2D eigenvalue weighted by atomic mass is 16.6. The number of methoxy groups -OCH3 is 1. The van der Waals surface area contributed by atoms with Crippen molar-refractivity contribution >= 4 is 29.7 Å². The van der Waals surface area contributed by atoms with Crippen molar-refractivity contribution in [2.24, 2.45) is 11.3 Å². The predicted octanol–water partition coefficient (Wildman–Crippen LogP) is 2.86. The second kappa shape index (κ2) is 15.5. The van der Waals surface area contributed by atoms with Crippen molar-refractivity contribution < 1.29 is 33.8 Å². The Labute approximate surface area is 259 Å². The zero-order chi connectivity index (χ0) is 32.4. The van der Waals surface area contributed by atoms with E-state index in [2.05, 4.69) is 16.1 Å². The maximum absolute atomic E-state index is 13.4. The summed E-state index contributed by atoms with van der Waals surface area (Å²) in [6, 6.07) is 16.6. The number of cyclic esters (lactones) is 1. The molecule has 1 fully saturated rings. The van der Waals surface area contributed by atoms with E-state index >= 15 is 0 Å². The number of aliphatic hydroxyl groups is 1. The first-order valence-corrected chi connectivity index (χ1v) is 14.7. The lowest BCUT2D eigenvalue weighted by Gasteiger charge is -2.35. The van der Waals surface area contributed by atoms with E-state index in [1.54, 1.807) is 29.3 Å². The van der Waals surface area contributed by atoms with Crippen LogP contribution in [0.3, 0.4) is 0 Å². The molecular weight excluding hydrogens is 566 g/mol. The van der Waals surface area contributed by atoms with Crippen molar-refractivity contribution in [2.75, 3.05) is 31.6 Å². The zero-order valence-electron chi connectivity index (χ0n) is 26.3. The summed E-state index contributed by atoms with van der Waals surface area (Å²) in [5.41, 5.74) is 3.70. The molecule has 1 heterocycles. The van der Waals surface area contributed by atoms with Crippen LogP contribution in [0.15, 0.2) is 60.7 Å². The van der Waals surface area contributed by atoms with Gasteiger partial charge in [0.15, 0.2) is 6.10 Å². The Balaban J connectivity index is 1.77. The Kier molecular flexibility index (Phi) is 12.1. The molecular formula is C32H45N5O7. The third-order valence-electron chi connectivity index (χ3n) is 7.10. The molecule has 0 unspecified atom stereocenters. The van der Waals surface area contributed by atoms with E-state index < -0.39 is 53.7 Å². The summed E-state index contributed by atoms with van der Waals surface area (Å²) in [5.74, 6) is -0.905. The average molecular weight is 612 g/mol. The predicted molar refractivity (Wildman–Crippen MR) is 165 cm³/mol. The van der Waals surface area contributed by atoms with E-state index in [-0.39, 0.29) is 25.4 Å². The Morgan fingerprint density at radius 2 is 1.64 bits per heavy atom. The van der Waals surface area contributed by atoms with Gasteiger partial charge in [0.25, 0.3) is 11.8 Å². The van der Waals surface area contributed by atoms with Crippen LogP contribution in [0.1, 0.15) is 40.2 Å². The number of hydrogen-bond acceptors (Lipinski definition) is 8. The van der Waals surface area contributed by atoms with Crippen LogP contribution in [0.25, 0.3) is 0 Å². The number of carbonyl (C=O) groups excluding carboxylic acids is 4. The molecule has 44 heavy (non-hydrogen) atoms. The molecule has 0 aliphatic carbocycles. The highest BCUT2D eigenvalue weighted by Crippen LogP contribution is 2.22. The first-order valence-electron chi connectivity index (χ1n) is 14.7. The summed E-state index contributed by atoms with van der Waals surface area (Å²) in [6.45, 7) is 9.76. The molecule has 3 rings (SSSR count). The lowest BCUT2D eigenvalue weighted by molar-refractivity contribution is -0.133. The monoisotopic (exact) mass is 611 g/mol. The van der Waals surface area contributed by atoms with Crippen molar-refractivity contribution in [3.05, 3.63) is 66.2 Å². The minimum absolute atomic E-state index is 0.0275. The van der Waals surface area contributed by atoms with Gasteiger partial charge < -0.3 is 25.2 Å². The van der Waals surface area contributed by atoms with Gasteiger partial charge in [0, 0.05) is 18.8 Å². The van der Waals surface area contributed by atoms with Crippen molar-refractivity contribution in [3.8, 4) is 0 Å². The molecule has 4 amide bonds. The lowest BCUT2D eigenvalue weighted by Crippen LogP contribution is -2.60. The summed E-state index contributed by atoms with van der Waals surface area (Å²) < 4.78 is 10.1. The van der Waals surface area contributed by atoms with Gasteiger partial charge in [-0.2, -0.15) is 0 Å². The highest BCUT2D eigenvalue weighted by molar-refractivity contribution is 5.95. The number of aliphatic hydroxyl groups excluding tert-OH is 1. The van der Waals surface area contributed by atoms with E-state index in [0.29, 0.717) is 12.2 Å². The Bertz CT molecular complexity index is 1250. The summed E-state index contributed by atoms with van der Waals surface area (Å²) >= 11 is 0.